The molecule has 2 atom stereocenters. The lowest BCUT2D eigenvalue weighted by molar-refractivity contribution is -0.173. The normalized spacial score (nSPS) is 14.6. The van der Waals surface area contributed by atoms with Crippen molar-refractivity contribution in [1.29, 1.82) is 0 Å². The molecule has 222 valence electrons. The number of H-pyrrole nitrogens is 1. The molecule has 0 saturated carbocycles. The zero-order valence-corrected chi connectivity index (χ0v) is 23.5. The standard InChI is InChI=1S/C29H30F3N5O4S/c1-2-24(38)37-23(13-17-6-5-7-18(12-17)28-33-10-11-42-28)27(41)35-16-25(39)36-22(26(40)29(30,31)32)14-19-15-34-21-9-4-3-8-20(19)21/h3-9,12,15,22-23,34H,2,10-11,13-14,16H2,1H3,(H,35,41)(H,36,39)(H,37,38). The molecule has 2 heterocycles. The van der Waals surface area contributed by atoms with Crippen molar-refractivity contribution in [3.05, 3.63) is 71.4 Å². The SMILES string of the molecule is CCC(=O)NC(Cc1cccc(C2=NCCS2)c1)C(=O)NCC(=O)NC(Cc1c[nH]c2ccccc12)C(=O)C(F)(F)F. The van der Waals surface area contributed by atoms with E-state index in [1.807, 2.05) is 18.2 Å². The smallest absolute Gasteiger partial charge is 0.361 e. The number of aromatic nitrogens is 1. The number of hydrogen-bond acceptors (Lipinski definition) is 6. The topological polar surface area (TPSA) is 133 Å². The first kappa shape index (κ1) is 30.8. The van der Waals surface area contributed by atoms with Gasteiger partial charge >= 0.3 is 6.18 Å². The van der Waals surface area contributed by atoms with Gasteiger partial charge in [-0.2, -0.15) is 13.2 Å². The predicted octanol–water partition coefficient (Wildman–Crippen LogP) is 3.07. The molecule has 1 aromatic heterocycles. The summed E-state index contributed by atoms with van der Waals surface area (Å²) in [6.45, 7) is 1.65. The van der Waals surface area contributed by atoms with Crippen LogP contribution in [-0.4, -0.2) is 70.6 Å². The summed E-state index contributed by atoms with van der Waals surface area (Å²) in [5.41, 5.74) is 2.73. The minimum atomic E-state index is -5.18. The zero-order valence-electron chi connectivity index (χ0n) is 22.7. The summed E-state index contributed by atoms with van der Waals surface area (Å²) in [5, 5.41) is 8.64. The minimum absolute atomic E-state index is 0.112. The van der Waals surface area contributed by atoms with Crippen LogP contribution in [0.1, 0.15) is 30.0 Å². The maximum atomic E-state index is 13.4. The average Bonchev–Trinajstić information content (AvgIpc) is 3.65. The van der Waals surface area contributed by atoms with Crippen LogP contribution >= 0.6 is 11.8 Å². The fraction of sp³-hybridized carbons (Fsp3) is 0.345. The molecule has 0 aliphatic carbocycles. The molecule has 4 N–H and O–H groups in total. The van der Waals surface area contributed by atoms with Crippen molar-refractivity contribution in [3.8, 4) is 0 Å². The van der Waals surface area contributed by atoms with E-state index in [-0.39, 0.29) is 18.7 Å². The monoisotopic (exact) mass is 601 g/mol. The summed E-state index contributed by atoms with van der Waals surface area (Å²) in [6.07, 6.45) is -3.87. The Balaban J connectivity index is 1.43. The number of ketones is 1. The lowest BCUT2D eigenvalue weighted by Crippen LogP contribution is -2.53. The Bertz CT molecular complexity index is 1500. The first-order chi connectivity index (χ1) is 20.0. The molecule has 0 radical (unpaired) electrons. The molecule has 3 aromatic rings. The molecular formula is C29H30F3N5O4S. The van der Waals surface area contributed by atoms with Crippen molar-refractivity contribution in [3.63, 3.8) is 0 Å². The number of benzene rings is 2. The first-order valence-corrected chi connectivity index (χ1v) is 14.3. The number of carbonyl (C=O) groups is 4. The lowest BCUT2D eigenvalue weighted by Gasteiger charge is -2.21. The van der Waals surface area contributed by atoms with Crippen molar-refractivity contribution in [2.75, 3.05) is 18.8 Å². The molecule has 0 saturated heterocycles. The van der Waals surface area contributed by atoms with E-state index in [0.29, 0.717) is 16.5 Å². The van der Waals surface area contributed by atoms with Crippen LogP contribution in [0.4, 0.5) is 13.2 Å². The minimum Gasteiger partial charge on any atom is -0.361 e. The maximum Gasteiger partial charge on any atom is 0.452 e. The summed E-state index contributed by atoms with van der Waals surface area (Å²) < 4.78 is 40.1. The molecule has 9 nitrogen and oxygen atoms in total. The number of hydrogen-bond donors (Lipinski definition) is 4. The number of nitrogens with zero attached hydrogens (tertiary/aromatic N) is 1. The van der Waals surface area contributed by atoms with Crippen LogP contribution < -0.4 is 16.0 Å². The van der Waals surface area contributed by atoms with Gasteiger partial charge in [-0.1, -0.05) is 43.3 Å². The zero-order chi connectivity index (χ0) is 30.3. The molecule has 0 bridgehead atoms. The molecule has 1 aliphatic heterocycles. The third-order valence-electron chi connectivity index (χ3n) is 6.63. The van der Waals surface area contributed by atoms with Gasteiger partial charge in [0.15, 0.2) is 0 Å². The molecular weight excluding hydrogens is 571 g/mol. The van der Waals surface area contributed by atoms with Gasteiger partial charge in [0.2, 0.25) is 17.7 Å². The molecule has 42 heavy (non-hydrogen) atoms. The third-order valence-corrected chi connectivity index (χ3v) is 7.65. The Kier molecular flexibility index (Phi) is 10.0. The summed E-state index contributed by atoms with van der Waals surface area (Å²) >= 11 is 1.62. The van der Waals surface area contributed by atoms with E-state index < -0.39 is 48.8 Å². The number of nitrogens with one attached hydrogen (secondary N) is 4. The number of Topliss-reactive ketones (excluding diaryl/α,β-unsaturated/α-hetero) is 1. The lowest BCUT2D eigenvalue weighted by atomic mass is 10.0. The molecule has 3 amide bonds. The van der Waals surface area contributed by atoms with E-state index in [0.717, 1.165) is 28.5 Å². The van der Waals surface area contributed by atoms with Crippen LogP contribution in [-0.2, 0) is 32.0 Å². The predicted molar refractivity (Wildman–Crippen MR) is 154 cm³/mol. The highest BCUT2D eigenvalue weighted by atomic mass is 32.2. The van der Waals surface area contributed by atoms with Gasteiger partial charge in [0.25, 0.3) is 5.78 Å². The number of halogens is 3. The molecule has 13 heteroatoms. The Labute approximate surface area is 244 Å². The Hall–Kier alpha value is -4.13. The fourth-order valence-corrected chi connectivity index (χ4v) is 5.40. The highest BCUT2D eigenvalue weighted by Crippen LogP contribution is 2.24. The number of para-hydroxylation sites is 1. The number of fused-ring (bicyclic) bond motifs is 1. The summed E-state index contributed by atoms with van der Waals surface area (Å²) in [4.78, 5) is 57.4. The highest BCUT2D eigenvalue weighted by molar-refractivity contribution is 8.14. The van der Waals surface area contributed by atoms with E-state index >= 15 is 0 Å². The average molecular weight is 602 g/mol. The number of rotatable bonds is 12. The second-order valence-corrected chi connectivity index (χ2v) is 10.8. The van der Waals surface area contributed by atoms with Crippen LogP contribution in [0.25, 0.3) is 10.9 Å². The van der Waals surface area contributed by atoms with E-state index in [1.165, 1.54) is 6.20 Å². The van der Waals surface area contributed by atoms with Crippen LogP contribution in [0.15, 0.2) is 59.7 Å². The summed E-state index contributed by atoms with van der Waals surface area (Å²) in [7, 11) is 0. The number of alkyl halides is 3. The van der Waals surface area contributed by atoms with Crippen molar-refractivity contribution >= 4 is 51.2 Å². The number of thioether (sulfide) groups is 1. The van der Waals surface area contributed by atoms with Crippen molar-refractivity contribution in [1.82, 2.24) is 20.9 Å². The summed E-state index contributed by atoms with van der Waals surface area (Å²) in [6, 6.07) is 11.3. The van der Waals surface area contributed by atoms with Crippen molar-refractivity contribution < 1.29 is 32.3 Å². The van der Waals surface area contributed by atoms with Crippen molar-refractivity contribution in [2.45, 2.75) is 44.4 Å². The Morgan fingerprint density at radius 3 is 2.48 bits per heavy atom. The Morgan fingerprint density at radius 2 is 1.76 bits per heavy atom. The van der Waals surface area contributed by atoms with Gasteiger partial charge < -0.3 is 20.9 Å². The van der Waals surface area contributed by atoms with Gasteiger partial charge in [-0.3, -0.25) is 24.2 Å². The molecule has 2 unspecified atom stereocenters. The van der Waals surface area contributed by atoms with E-state index in [9.17, 15) is 32.3 Å². The fourth-order valence-electron chi connectivity index (χ4n) is 4.55. The van der Waals surface area contributed by atoms with Crippen LogP contribution in [0.2, 0.25) is 0 Å². The molecule has 4 rings (SSSR count). The van der Waals surface area contributed by atoms with Gasteiger partial charge in [-0.15, -0.1) is 11.8 Å². The molecule has 2 aromatic carbocycles. The summed E-state index contributed by atoms with van der Waals surface area (Å²) in [5.74, 6) is -3.28. The molecule has 0 fully saturated rings. The van der Waals surface area contributed by atoms with Gasteiger partial charge in [0.05, 0.1) is 11.6 Å². The number of carbonyl (C=O) groups excluding carboxylic acids is 4. The van der Waals surface area contributed by atoms with Crippen LogP contribution in [0, 0.1) is 0 Å². The largest absolute Gasteiger partial charge is 0.452 e. The second-order valence-electron chi connectivity index (χ2n) is 9.68. The van der Waals surface area contributed by atoms with Gasteiger partial charge in [0.1, 0.15) is 12.1 Å². The maximum absolute atomic E-state index is 13.4. The number of amides is 3. The van der Waals surface area contributed by atoms with E-state index in [2.05, 4.69) is 25.9 Å². The van der Waals surface area contributed by atoms with Crippen LogP contribution in [0.5, 0.6) is 0 Å². The quantitative estimate of drug-likeness (QED) is 0.253. The molecule has 0 spiro atoms. The van der Waals surface area contributed by atoms with Gasteiger partial charge in [0, 0.05) is 54.2 Å². The Morgan fingerprint density at radius 1 is 1.00 bits per heavy atom. The van der Waals surface area contributed by atoms with Crippen LogP contribution in [0.3, 0.4) is 0 Å². The second kappa shape index (κ2) is 13.7. The third kappa shape index (κ3) is 7.99. The van der Waals surface area contributed by atoms with E-state index in [4.69, 9.17) is 0 Å². The molecule has 1 aliphatic rings. The first-order valence-electron chi connectivity index (χ1n) is 13.3. The van der Waals surface area contributed by atoms with E-state index in [1.54, 1.807) is 49.0 Å². The van der Waals surface area contributed by atoms with Gasteiger partial charge in [-0.05, 0) is 23.3 Å². The van der Waals surface area contributed by atoms with Gasteiger partial charge in [-0.25, -0.2) is 0 Å². The number of aromatic amines is 1. The highest BCUT2D eigenvalue weighted by Gasteiger charge is 2.44. The number of aliphatic imine (C=N–C) groups is 1. The van der Waals surface area contributed by atoms with Crippen molar-refractivity contribution in [2.24, 2.45) is 4.99 Å².